The molecule has 30 heavy (non-hydrogen) atoms. The van der Waals surface area contributed by atoms with Gasteiger partial charge in [0, 0.05) is 30.7 Å². The van der Waals surface area contributed by atoms with Crippen molar-refractivity contribution >= 4 is 16.9 Å². The molecule has 0 bridgehead atoms. The Labute approximate surface area is 172 Å². The molecule has 3 aromatic rings. The molecule has 6 nitrogen and oxygen atoms in total. The van der Waals surface area contributed by atoms with Crippen LogP contribution in [0, 0.1) is 5.92 Å². The SMILES string of the molecule is CC(C)C[C@H]1CN(c2ccc(C(F)(F)F)c(-c3[nH]nc4ncccc34)n2)CCCN1. The Hall–Kier alpha value is -2.68. The number of anilines is 1. The fraction of sp³-hybridized carbons (Fsp3) is 0.476. The summed E-state index contributed by atoms with van der Waals surface area (Å²) in [6, 6.07) is 6.24. The molecular formula is C21H25F3N6. The molecule has 1 fully saturated rings. The second-order valence-electron chi connectivity index (χ2n) is 8.12. The molecule has 160 valence electrons. The van der Waals surface area contributed by atoms with Gasteiger partial charge >= 0.3 is 6.18 Å². The molecule has 9 heteroatoms. The van der Waals surface area contributed by atoms with Crippen LogP contribution >= 0.6 is 0 Å². The summed E-state index contributed by atoms with van der Waals surface area (Å²) < 4.78 is 41.3. The molecule has 0 unspecified atom stereocenters. The first-order chi connectivity index (χ1) is 14.3. The van der Waals surface area contributed by atoms with Crippen molar-refractivity contribution in [2.24, 2.45) is 5.92 Å². The number of rotatable bonds is 4. The monoisotopic (exact) mass is 418 g/mol. The normalized spacial score (nSPS) is 18.2. The number of hydrogen-bond donors (Lipinski definition) is 2. The molecule has 3 aromatic heterocycles. The van der Waals surface area contributed by atoms with E-state index in [1.54, 1.807) is 18.3 Å². The lowest BCUT2D eigenvalue weighted by Gasteiger charge is -2.27. The van der Waals surface area contributed by atoms with Gasteiger partial charge in [0.05, 0.1) is 11.3 Å². The zero-order chi connectivity index (χ0) is 21.3. The van der Waals surface area contributed by atoms with Crippen LogP contribution in [0.2, 0.25) is 0 Å². The molecule has 0 saturated carbocycles. The summed E-state index contributed by atoms with van der Waals surface area (Å²) in [5.41, 5.74) is -0.330. The quantitative estimate of drug-likeness (QED) is 0.663. The van der Waals surface area contributed by atoms with E-state index < -0.39 is 11.7 Å². The van der Waals surface area contributed by atoms with Crippen molar-refractivity contribution in [3.8, 4) is 11.4 Å². The molecule has 0 amide bonds. The van der Waals surface area contributed by atoms with Crippen LogP contribution in [0.3, 0.4) is 0 Å². The van der Waals surface area contributed by atoms with Gasteiger partial charge in [0.2, 0.25) is 0 Å². The van der Waals surface area contributed by atoms with Crippen LogP contribution in [-0.2, 0) is 6.18 Å². The maximum Gasteiger partial charge on any atom is 0.418 e. The fourth-order valence-electron chi connectivity index (χ4n) is 4.01. The van der Waals surface area contributed by atoms with Gasteiger partial charge in [-0.3, -0.25) is 5.10 Å². The van der Waals surface area contributed by atoms with Gasteiger partial charge in [-0.2, -0.15) is 18.3 Å². The zero-order valence-corrected chi connectivity index (χ0v) is 17.0. The standard InChI is InChI=1S/C21H25F3N6/c1-13(2)11-14-12-30(10-4-9-25-14)17-7-6-16(21(22,23)24)19(27-17)18-15-5-3-8-26-20(15)29-28-18/h3,5-8,13-14,25H,4,9-12H2,1-2H3,(H,26,28,29)/t14-/m0/s1. The fourth-order valence-corrected chi connectivity index (χ4v) is 4.01. The lowest BCUT2D eigenvalue weighted by atomic mass is 10.0. The Kier molecular flexibility index (Phi) is 5.64. The van der Waals surface area contributed by atoms with E-state index in [2.05, 4.69) is 44.2 Å². The van der Waals surface area contributed by atoms with Crippen molar-refractivity contribution in [2.45, 2.75) is 38.9 Å². The molecule has 0 aromatic carbocycles. The molecule has 1 aliphatic rings. The van der Waals surface area contributed by atoms with E-state index in [1.165, 1.54) is 6.07 Å². The van der Waals surface area contributed by atoms with Gasteiger partial charge in [-0.1, -0.05) is 13.8 Å². The average molecular weight is 418 g/mol. The summed E-state index contributed by atoms with van der Waals surface area (Å²) in [7, 11) is 0. The van der Waals surface area contributed by atoms with E-state index in [0.717, 1.165) is 32.0 Å². The van der Waals surface area contributed by atoms with Crippen molar-refractivity contribution in [2.75, 3.05) is 24.5 Å². The van der Waals surface area contributed by atoms with Crippen LogP contribution in [0.4, 0.5) is 19.0 Å². The number of aromatic nitrogens is 4. The van der Waals surface area contributed by atoms with Crippen molar-refractivity contribution in [3.63, 3.8) is 0 Å². The highest BCUT2D eigenvalue weighted by Crippen LogP contribution is 2.38. The van der Waals surface area contributed by atoms with Gasteiger partial charge in [0.25, 0.3) is 0 Å². The maximum atomic E-state index is 13.8. The van der Waals surface area contributed by atoms with Gasteiger partial charge in [0.1, 0.15) is 11.5 Å². The third-order valence-electron chi connectivity index (χ3n) is 5.31. The summed E-state index contributed by atoms with van der Waals surface area (Å²) in [6.07, 6.45) is -1.06. The minimum absolute atomic E-state index is 0.145. The van der Waals surface area contributed by atoms with Crippen LogP contribution in [-0.4, -0.2) is 45.8 Å². The van der Waals surface area contributed by atoms with Crippen molar-refractivity contribution < 1.29 is 13.2 Å². The Morgan fingerprint density at radius 1 is 1.23 bits per heavy atom. The maximum absolute atomic E-state index is 13.8. The highest BCUT2D eigenvalue weighted by molar-refractivity contribution is 5.90. The summed E-state index contributed by atoms with van der Waals surface area (Å²) in [5, 5.41) is 10.8. The largest absolute Gasteiger partial charge is 0.418 e. The third kappa shape index (κ3) is 4.26. The van der Waals surface area contributed by atoms with Gasteiger partial charge in [-0.25, -0.2) is 9.97 Å². The summed E-state index contributed by atoms with van der Waals surface area (Å²) in [6.45, 7) is 6.68. The van der Waals surface area contributed by atoms with Crippen LogP contribution in [0.5, 0.6) is 0 Å². The number of aromatic amines is 1. The van der Waals surface area contributed by atoms with E-state index >= 15 is 0 Å². The molecular weight excluding hydrogens is 393 g/mol. The highest BCUT2D eigenvalue weighted by atomic mass is 19.4. The summed E-state index contributed by atoms with van der Waals surface area (Å²) >= 11 is 0. The molecule has 0 radical (unpaired) electrons. The lowest BCUT2D eigenvalue weighted by Crippen LogP contribution is -2.39. The van der Waals surface area contributed by atoms with Crippen LogP contribution < -0.4 is 10.2 Å². The molecule has 4 rings (SSSR count). The third-order valence-corrected chi connectivity index (χ3v) is 5.31. The average Bonchev–Trinajstić information content (AvgIpc) is 2.99. The van der Waals surface area contributed by atoms with E-state index in [4.69, 9.17) is 0 Å². The minimum Gasteiger partial charge on any atom is -0.355 e. The Balaban J connectivity index is 1.77. The number of nitrogens with one attached hydrogen (secondary N) is 2. The first kappa shape index (κ1) is 20.6. The smallest absolute Gasteiger partial charge is 0.355 e. The van der Waals surface area contributed by atoms with Gasteiger partial charge in [-0.15, -0.1) is 0 Å². The van der Waals surface area contributed by atoms with Crippen LogP contribution in [0.25, 0.3) is 22.4 Å². The number of nitrogens with zero attached hydrogens (tertiary/aromatic N) is 4. The van der Waals surface area contributed by atoms with Crippen molar-refractivity contribution in [1.29, 1.82) is 0 Å². The molecule has 1 saturated heterocycles. The van der Waals surface area contributed by atoms with Gasteiger partial charge in [0.15, 0.2) is 5.65 Å². The Morgan fingerprint density at radius 2 is 2.07 bits per heavy atom. The van der Waals surface area contributed by atoms with Crippen LogP contribution in [0.1, 0.15) is 32.3 Å². The zero-order valence-electron chi connectivity index (χ0n) is 17.0. The highest BCUT2D eigenvalue weighted by Gasteiger charge is 2.36. The minimum atomic E-state index is -4.53. The molecule has 0 aliphatic carbocycles. The second kappa shape index (κ2) is 8.22. The number of alkyl halides is 3. The first-order valence-corrected chi connectivity index (χ1v) is 10.2. The predicted octanol–water partition coefficient (Wildman–Crippen LogP) is 4.25. The summed E-state index contributed by atoms with van der Waals surface area (Å²) in [5.74, 6) is 1.07. The first-order valence-electron chi connectivity index (χ1n) is 10.2. The van der Waals surface area contributed by atoms with E-state index in [-0.39, 0.29) is 17.4 Å². The number of halogens is 3. The number of fused-ring (bicyclic) bond motifs is 1. The molecule has 1 atom stereocenters. The lowest BCUT2D eigenvalue weighted by molar-refractivity contribution is -0.137. The molecule has 4 heterocycles. The molecule has 2 N–H and O–H groups in total. The van der Waals surface area contributed by atoms with Gasteiger partial charge < -0.3 is 10.2 Å². The Morgan fingerprint density at radius 3 is 2.83 bits per heavy atom. The predicted molar refractivity (Wildman–Crippen MR) is 110 cm³/mol. The number of H-pyrrole nitrogens is 1. The van der Waals surface area contributed by atoms with Gasteiger partial charge in [-0.05, 0) is 49.6 Å². The topological polar surface area (TPSA) is 69.7 Å². The number of pyridine rings is 2. The van der Waals surface area contributed by atoms with E-state index in [1.807, 2.05) is 0 Å². The van der Waals surface area contributed by atoms with Crippen molar-refractivity contribution in [1.82, 2.24) is 25.5 Å². The second-order valence-corrected chi connectivity index (χ2v) is 8.12. The van der Waals surface area contributed by atoms with E-state index in [9.17, 15) is 13.2 Å². The van der Waals surface area contributed by atoms with Crippen LogP contribution in [0.15, 0.2) is 30.5 Å². The molecule has 0 spiro atoms. The Bertz CT molecular complexity index is 1010. The number of hydrogen-bond acceptors (Lipinski definition) is 5. The van der Waals surface area contributed by atoms with E-state index in [0.29, 0.717) is 29.3 Å². The van der Waals surface area contributed by atoms with Crippen molar-refractivity contribution in [3.05, 3.63) is 36.0 Å². The summed E-state index contributed by atoms with van der Waals surface area (Å²) in [4.78, 5) is 10.7. The molecule has 1 aliphatic heterocycles.